The second kappa shape index (κ2) is 9.14. The molecule has 1 aliphatic rings. The summed E-state index contributed by atoms with van der Waals surface area (Å²) >= 11 is 0. The highest BCUT2D eigenvalue weighted by Crippen LogP contribution is 2.19. The predicted octanol–water partition coefficient (Wildman–Crippen LogP) is 3.07. The number of ether oxygens (including phenoxy) is 1. The molecule has 1 aromatic heterocycles. The molecule has 1 amide bonds. The Morgan fingerprint density at radius 1 is 1.27 bits per heavy atom. The van der Waals surface area contributed by atoms with Gasteiger partial charge in [0, 0.05) is 24.3 Å². The summed E-state index contributed by atoms with van der Waals surface area (Å²) in [6.07, 6.45) is 6.04. The Kier molecular flexibility index (Phi) is 7.17. The Hall–Kier alpha value is -1.92. The number of aromatic nitrogens is 2. The summed E-state index contributed by atoms with van der Waals surface area (Å²) < 4.78 is 10.4. The van der Waals surface area contributed by atoms with Crippen LogP contribution in [-0.4, -0.2) is 34.2 Å². The highest BCUT2D eigenvalue weighted by molar-refractivity contribution is 5.83. The summed E-state index contributed by atoms with van der Waals surface area (Å²) in [4.78, 5) is 28.4. The molecule has 1 fully saturated rings. The van der Waals surface area contributed by atoms with Crippen LogP contribution < -0.4 is 5.32 Å². The first-order valence-electron chi connectivity index (χ1n) is 9.58. The van der Waals surface area contributed by atoms with Gasteiger partial charge in [-0.25, -0.2) is 0 Å². The minimum absolute atomic E-state index is 0.165. The van der Waals surface area contributed by atoms with Crippen LogP contribution in [0.3, 0.4) is 0 Å². The van der Waals surface area contributed by atoms with Crippen LogP contribution in [-0.2, 0) is 26.2 Å². The van der Waals surface area contributed by atoms with E-state index in [0.717, 1.165) is 25.7 Å². The molecule has 146 valence electrons. The molecule has 26 heavy (non-hydrogen) atoms. The number of aryl methyl sites for hydroxylation is 1. The smallest absolute Gasteiger partial charge is 0.306 e. The standard InChI is InChI=1S/C19H31N3O4/c1-13(17(24)20-14-9-6-5-7-10-14)25-16(23)12-8-11-15-21-18(22-26-15)19(2,3)4/h13-14H,5-12H2,1-4H3,(H,20,24). The van der Waals surface area contributed by atoms with E-state index in [0.29, 0.717) is 24.6 Å². The molecule has 0 bridgehead atoms. The van der Waals surface area contributed by atoms with Crippen molar-refractivity contribution in [3.8, 4) is 0 Å². The first kappa shape index (κ1) is 20.4. The summed E-state index contributed by atoms with van der Waals surface area (Å²) in [5, 5.41) is 6.93. The predicted molar refractivity (Wildman–Crippen MR) is 96.5 cm³/mol. The number of rotatable bonds is 7. The minimum Gasteiger partial charge on any atom is -0.453 e. The number of carbonyl (C=O) groups excluding carboxylic acids is 2. The van der Waals surface area contributed by atoms with E-state index in [-0.39, 0.29) is 29.8 Å². The van der Waals surface area contributed by atoms with Crippen LogP contribution >= 0.6 is 0 Å². The molecule has 0 radical (unpaired) electrons. The Morgan fingerprint density at radius 2 is 1.96 bits per heavy atom. The molecule has 2 rings (SSSR count). The number of hydrogen-bond acceptors (Lipinski definition) is 6. The van der Waals surface area contributed by atoms with Gasteiger partial charge >= 0.3 is 5.97 Å². The van der Waals surface area contributed by atoms with E-state index < -0.39 is 6.10 Å². The van der Waals surface area contributed by atoms with Crippen molar-refractivity contribution in [2.24, 2.45) is 0 Å². The number of amides is 1. The molecule has 1 N–H and O–H groups in total. The van der Waals surface area contributed by atoms with Crippen LogP contribution in [0.5, 0.6) is 0 Å². The molecule has 0 aliphatic heterocycles. The highest BCUT2D eigenvalue weighted by Gasteiger charge is 2.23. The maximum absolute atomic E-state index is 12.1. The van der Waals surface area contributed by atoms with Crippen molar-refractivity contribution in [2.45, 2.75) is 96.6 Å². The third-order valence-electron chi connectivity index (χ3n) is 4.54. The molecule has 7 nitrogen and oxygen atoms in total. The fraction of sp³-hybridized carbons (Fsp3) is 0.789. The lowest BCUT2D eigenvalue weighted by molar-refractivity contribution is -0.155. The summed E-state index contributed by atoms with van der Waals surface area (Å²) in [6.45, 7) is 7.65. The summed E-state index contributed by atoms with van der Waals surface area (Å²) in [5.74, 6) is 0.581. The zero-order valence-corrected chi connectivity index (χ0v) is 16.3. The van der Waals surface area contributed by atoms with Gasteiger partial charge in [0.2, 0.25) is 5.89 Å². The van der Waals surface area contributed by atoms with Gasteiger partial charge in [0.05, 0.1) is 0 Å². The molecular formula is C19H31N3O4. The minimum atomic E-state index is -0.764. The van der Waals surface area contributed by atoms with E-state index in [4.69, 9.17) is 9.26 Å². The molecule has 1 aliphatic carbocycles. The number of carbonyl (C=O) groups is 2. The zero-order chi connectivity index (χ0) is 19.2. The van der Waals surface area contributed by atoms with E-state index >= 15 is 0 Å². The lowest BCUT2D eigenvalue weighted by Gasteiger charge is -2.24. The Labute approximate surface area is 155 Å². The summed E-state index contributed by atoms with van der Waals surface area (Å²) in [7, 11) is 0. The average Bonchev–Trinajstić information content (AvgIpc) is 3.05. The third kappa shape index (κ3) is 6.42. The van der Waals surface area contributed by atoms with E-state index in [1.54, 1.807) is 6.92 Å². The van der Waals surface area contributed by atoms with Crippen LogP contribution in [0.2, 0.25) is 0 Å². The van der Waals surface area contributed by atoms with Crippen molar-refractivity contribution in [1.82, 2.24) is 15.5 Å². The summed E-state index contributed by atoms with van der Waals surface area (Å²) in [5.41, 5.74) is -0.165. The zero-order valence-electron chi connectivity index (χ0n) is 16.3. The maximum Gasteiger partial charge on any atom is 0.306 e. The van der Waals surface area contributed by atoms with Gasteiger partial charge in [0.15, 0.2) is 11.9 Å². The van der Waals surface area contributed by atoms with Gasteiger partial charge in [-0.1, -0.05) is 45.2 Å². The number of esters is 1. The van der Waals surface area contributed by atoms with Gasteiger partial charge in [-0.05, 0) is 26.2 Å². The highest BCUT2D eigenvalue weighted by atomic mass is 16.5. The first-order valence-corrected chi connectivity index (χ1v) is 9.58. The van der Waals surface area contributed by atoms with E-state index in [1.807, 2.05) is 20.8 Å². The Bertz CT molecular complexity index is 600. The lowest BCUT2D eigenvalue weighted by atomic mass is 9.95. The van der Waals surface area contributed by atoms with Gasteiger partial charge in [0.1, 0.15) is 0 Å². The van der Waals surface area contributed by atoms with Gasteiger partial charge in [0.25, 0.3) is 5.91 Å². The maximum atomic E-state index is 12.1. The number of hydrogen-bond donors (Lipinski definition) is 1. The third-order valence-corrected chi connectivity index (χ3v) is 4.54. The molecule has 1 saturated carbocycles. The van der Waals surface area contributed by atoms with Gasteiger partial charge < -0.3 is 14.6 Å². The molecule has 1 unspecified atom stereocenters. The van der Waals surface area contributed by atoms with Crippen LogP contribution in [0.15, 0.2) is 4.52 Å². The average molecular weight is 365 g/mol. The first-order chi connectivity index (χ1) is 12.3. The molecule has 0 saturated heterocycles. The van der Waals surface area contributed by atoms with Crippen molar-refractivity contribution in [3.63, 3.8) is 0 Å². The molecule has 0 aromatic carbocycles. The van der Waals surface area contributed by atoms with E-state index in [2.05, 4.69) is 15.5 Å². The summed E-state index contributed by atoms with van der Waals surface area (Å²) in [6, 6.07) is 0.215. The van der Waals surface area contributed by atoms with Gasteiger partial charge in [-0.2, -0.15) is 4.98 Å². The van der Waals surface area contributed by atoms with Crippen molar-refractivity contribution >= 4 is 11.9 Å². The van der Waals surface area contributed by atoms with E-state index in [9.17, 15) is 9.59 Å². The van der Waals surface area contributed by atoms with Crippen molar-refractivity contribution in [3.05, 3.63) is 11.7 Å². The number of nitrogens with one attached hydrogen (secondary N) is 1. The topological polar surface area (TPSA) is 94.3 Å². The molecule has 1 aromatic rings. The SMILES string of the molecule is CC(OC(=O)CCCc1nc(C(C)(C)C)no1)C(=O)NC1CCCCC1. The largest absolute Gasteiger partial charge is 0.453 e. The normalized spacial score (nSPS) is 16.9. The monoisotopic (exact) mass is 365 g/mol. The molecular weight excluding hydrogens is 334 g/mol. The van der Waals surface area contributed by atoms with Gasteiger partial charge in [-0.15, -0.1) is 0 Å². The quantitative estimate of drug-likeness (QED) is 0.746. The van der Waals surface area contributed by atoms with Crippen molar-refractivity contribution in [2.75, 3.05) is 0 Å². The Morgan fingerprint density at radius 3 is 2.58 bits per heavy atom. The van der Waals surface area contributed by atoms with E-state index in [1.165, 1.54) is 6.42 Å². The molecule has 7 heteroatoms. The second-order valence-electron chi connectivity index (χ2n) is 8.09. The van der Waals surface area contributed by atoms with Crippen LogP contribution in [0, 0.1) is 0 Å². The molecule has 1 atom stereocenters. The van der Waals surface area contributed by atoms with Crippen LogP contribution in [0.4, 0.5) is 0 Å². The molecule has 1 heterocycles. The van der Waals surface area contributed by atoms with Crippen molar-refractivity contribution in [1.29, 1.82) is 0 Å². The van der Waals surface area contributed by atoms with Gasteiger partial charge in [-0.3, -0.25) is 9.59 Å². The Balaban J connectivity index is 1.67. The van der Waals surface area contributed by atoms with Crippen LogP contribution in [0.25, 0.3) is 0 Å². The van der Waals surface area contributed by atoms with Crippen LogP contribution in [0.1, 0.15) is 84.4 Å². The fourth-order valence-corrected chi connectivity index (χ4v) is 2.92. The second-order valence-corrected chi connectivity index (χ2v) is 8.09. The number of nitrogens with zero attached hydrogens (tertiary/aromatic N) is 2. The van der Waals surface area contributed by atoms with Crippen molar-refractivity contribution < 1.29 is 18.8 Å². The molecule has 0 spiro atoms. The lowest BCUT2D eigenvalue weighted by Crippen LogP contribution is -2.42. The fourth-order valence-electron chi connectivity index (χ4n) is 2.92.